The van der Waals surface area contributed by atoms with Crippen LogP contribution < -0.4 is 5.32 Å². The van der Waals surface area contributed by atoms with Gasteiger partial charge in [0.15, 0.2) is 0 Å². The molecule has 0 amide bonds. The lowest BCUT2D eigenvalue weighted by molar-refractivity contribution is -0.384. The van der Waals surface area contributed by atoms with Gasteiger partial charge in [0.2, 0.25) is 5.82 Å². The van der Waals surface area contributed by atoms with Crippen molar-refractivity contribution in [3.63, 3.8) is 0 Å². The van der Waals surface area contributed by atoms with E-state index in [0.717, 1.165) is 0 Å². The molecular formula is C8H10ClN3O3. The molecule has 0 aromatic carbocycles. The molecule has 15 heavy (non-hydrogen) atoms. The number of halogens is 1. The van der Waals surface area contributed by atoms with Crippen molar-refractivity contribution in [2.75, 3.05) is 11.9 Å². The van der Waals surface area contributed by atoms with Gasteiger partial charge in [-0.3, -0.25) is 10.1 Å². The quantitative estimate of drug-likeness (QED) is 0.605. The molecule has 0 spiro atoms. The fourth-order valence-corrected chi connectivity index (χ4v) is 1.11. The van der Waals surface area contributed by atoms with Crippen molar-refractivity contribution < 1.29 is 10.0 Å². The zero-order valence-corrected chi connectivity index (χ0v) is 8.73. The highest BCUT2D eigenvalue weighted by atomic mass is 35.5. The fourth-order valence-electron chi connectivity index (χ4n) is 0.958. The molecule has 1 rings (SSSR count). The molecular weight excluding hydrogens is 222 g/mol. The number of nitro groups is 1. The summed E-state index contributed by atoms with van der Waals surface area (Å²) < 4.78 is 0. The largest absolute Gasteiger partial charge is 0.394 e. The maximum atomic E-state index is 10.6. The average molecular weight is 232 g/mol. The van der Waals surface area contributed by atoms with Crippen LogP contribution in [0.3, 0.4) is 0 Å². The monoisotopic (exact) mass is 231 g/mol. The van der Waals surface area contributed by atoms with E-state index in [9.17, 15) is 10.1 Å². The number of aliphatic hydroxyl groups excluding tert-OH is 1. The third-order valence-corrected chi connectivity index (χ3v) is 1.89. The van der Waals surface area contributed by atoms with E-state index in [1.54, 1.807) is 6.92 Å². The van der Waals surface area contributed by atoms with Crippen LogP contribution in [0, 0.1) is 10.1 Å². The first-order valence-electron chi connectivity index (χ1n) is 4.22. The SMILES string of the molecule is CC(CO)Nc1ncc(Cl)cc1[N+](=O)[O-]. The van der Waals surface area contributed by atoms with Crippen LogP contribution >= 0.6 is 11.6 Å². The van der Waals surface area contributed by atoms with Crippen LogP contribution in [0.2, 0.25) is 5.02 Å². The Bertz CT molecular complexity index is 372. The topological polar surface area (TPSA) is 88.3 Å². The first-order chi connectivity index (χ1) is 7.04. The Labute approximate surface area is 91.0 Å². The van der Waals surface area contributed by atoms with Gasteiger partial charge in [-0.15, -0.1) is 0 Å². The molecule has 1 unspecified atom stereocenters. The molecule has 0 fully saturated rings. The van der Waals surface area contributed by atoms with Gasteiger partial charge in [0.1, 0.15) is 0 Å². The van der Waals surface area contributed by atoms with E-state index >= 15 is 0 Å². The van der Waals surface area contributed by atoms with Crippen LogP contribution in [0.1, 0.15) is 6.92 Å². The summed E-state index contributed by atoms with van der Waals surface area (Å²) in [5.74, 6) is 0.103. The molecule has 7 heteroatoms. The summed E-state index contributed by atoms with van der Waals surface area (Å²) in [6, 6.07) is 0.901. The van der Waals surface area contributed by atoms with Crippen molar-refractivity contribution >= 4 is 23.1 Å². The van der Waals surface area contributed by atoms with E-state index in [1.165, 1.54) is 12.3 Å². The van der Waals surface area contributed by atoms with Crippen LogP contribution in [-0.2, 0) is 0 Å². The molecule has 0 aliphatic carbocycles. The number of nitrogens with zero attached hydrogens (tertiary/aromatic N) is 2. The van der Waals surface area contributed by atoms with E-state index in [-0.39, 0.29) is 29.2 Å². The highest BCUT2D eigenvalue weighted by Gasteiger charge is 2.17. The lowest BCUT2D eigenvalue weighted by atomic mass is 10.3. The third-order valence-electron chi connectivity index (χ3n) is 1.69. The molecule has 2 N–H and O–H groups in total. The maximum absolute atomic E-state index is 10.6. The highest BCUT2D eigenvalue weighted by molar-refractivity contribution is 6.30. The van der Waals surface area contributed by atoms with Crippen molar-refractivity contribution in [1.29, 1.82) is 0 Å². The summed E-state index contributed by atoms with van der Waals surface area (Å²) in [4.78, 5) is 13.9. The molecule has 0 aliphatic rings. The molecule has 0 bridgehead atoms. The summed E-state index contributed by atoms with van der Waals surface area (Å²) >= 11 is 5.59. The number of pyridine rings is 1. The maximum Gasteiger partial charge on any atom is 0.312 e. The van der Waals surface area contributed by atoms with E-state index < -0.39 is 4.92 Å². The summed E-state index contributed by atoms with van der Waals surface area (Å²) in [6.45, 7) is 1.54. The van der Waals surface area contributed by atoms with Crippen molar-refractivity contribution in [2.45, 2.75) is 13.0 Å². The third kappa shape index (κ3) is 3.03. The van der Waals surface area contributed by atoms with E-state index in [4.69, 9.17) is 16.7 Å². The summed E-state index contributed by atoms with van der Waals surface area (Å²) in [5, 5.41) is 22.3. The molecule has 1 aromatic rings. The summed E-state index contributed by atoms with van der Waals surface area (Å²) in [5.41, 5.74) is -0.206. The molecule has 6 nitrogen and oxygen atoms in total. The number of hydrogen-bond acceptors (Lipinski definition) is 5. The smallest absolute Gasteiger partial charge is 0.312 e. The lowest BCUT2D eigenvalue weighted by Crippen LogP contribution is -2.20. The van der Waals surface area contributed by atoms with Gasteiger partial charge in [0, 0.05) is 18.3 Å². The summed E-state index contributed by atoms with van der Waals surface area (Å²) in [6.07, 6.45) is 1.31. The van der Waals surface area contributed by atoms with Gasteiger partial charge in [0.05, 0.1) is 16.6 Å². The van der Waals surface area contributed by atoms with E-state index in [2.05, 4.69) is 10.3 Å². The summed E-state index contributed by atoms with van der Waals surface area (Å²) in [7, 11) is 0. The lowest BCUT2D eigenvalue weighted by Gasteiger charge is -2.11. The second kappa shape index (κ2) is 4.90. The minimum Gasteiger partial charge on any atom is -0.394 e. The first kappa shape index (κ1) is 11.7. The predicted octanol–water partition coefficient (Wildman–Crippen LogP) is 1.44. The van der Waals surface area contributed by atoms with Crippen LogP contribution in [0.5, 0.6) is 0 Å². The predicted molar refractivity (Wildman–Crippen MR) is 56.1 cm³/mol. The van der Waals surface area contributed by atoms with Gasteiger partial charge < -0.3 is 10.4 Å². The van der Waals surface area contributed by atoms with E-state index in [0.29, 0.717) is 0 Å². The second-order valence-electron chi connectivity index (χ2n) is 3.01. The standard InChI is InChI=1S/C8H10ClN3O3/c1-5(4-13)11-8-7(12(14)15)2-6(9)3-10-8/h2-3,5,13H,4H2,1H3,(H,10,11). The zero-order chi connectivity index (χ0) is 11.4. The van der Waals surface area contributed by atoms with Gasteiger partial charge in [-0.2, -0.15) is 0 Å². The van der Waals surface area contributed by atoms with Crippen LogP contribution in [-0.4, -0.2) is 27.7 Å². The minimum absolute atomic E-state index is 0.103. The highest BCUT2D eigenvalue weighted by Crippen LogP contribution is 2.25. The molecule has 1 heterocycles. The number of hydrogen-bond donors (Lipinski definition) is 2. The molecule has 0 saturated heterocycles. The van der Waals surface area contributed by atoms with Gasteiger partial charge in [-0.05, 0) is 6.92 Å². The molecule has 1 aromatic heterocycles. The number of rotatable bonds is 4. The van der Waals surface area contributed by atoms with Crippen LogP contribution in [0.15, 0.2) is 12.3 Å². The number of aromatic nitrogens is 1. The van der Waals surface area contributed by atoms with Gasteiger partial charge in [0.25, 0.3) is 0 Å². The molecule has 1 atom stereocenters. The number of aliphatic hydroxyl groups is 1. The molecule has 0 aliphatic heterocycles. The second-order valence-corrected chi connectivity index (χ2v) is 3.44. The fraction of sp³-hybridized carbons (Fsp3) is 0.375. The van der Waals surface area contributed by atoms with Gasteiger partial charge in [-0.1, -0.05) is 11.6 Å². The van der Waals surface area contributed by atoms with Crippen LogP contribution in [0.25, 0.3) is 0 Å². The van der Waals surface area contributed by atoms with Crippen LogP contribution in [0.4, 0.5) is 11.5 Å². The van der Waals surface area contributed by atoms with Crippen molar-refractivity contribution in [1.82, 2.24) is 4.98 Å². The Balaban J connectivity index is 3.01. The Kier molecular flexibility index (Phi) is 3.81. The van der Waals surface area contributed by atoms with Gasteiger partial charge in [-0.25, -0.2) is 4.98 Å². The van der Waals surface area contributed by atoms with Crippen molar-refractivity contribution in [2.24, 2.45) is 0 Å². The van der Waals surface area contributed by atoms with E-state index in [1.807, 2.05) is 0 Å². The number of nitrogens with one attached hydrogen (secondary N) is 1. The Morgan fingerprint density at radius 2 is 2.47 bits per heavy atom. The Morgan fingerprint density at radius 3 is 3.00 bits per heavy atom. The van der Waals surface area contributed by atoms with Crippen molar-refractivity contribution in [3.05, 3.63) is 27.4 Å². The normalized spacial score (nSPS) is 12.2. The minimum atomic E-state index is -0.578. The Hall–Kier alpha value is -1.40. The molecule has 0 radical (unpaired) electrons. The van der Waals surface area contributed by atoms with Crippen molar-refractivity contribution in [3.8, 4) is 0 Å². The Morgan fingerprint density at radius 1 is 1.80 bits per heavy atom. The molecule has 82 valence electrons. The molecule has 0 saturated carbocycles. The van der Waals surface area contributed by atoms with Gasteiger partial charge >= 0.3 is 5.69 Å². The first-order valence-corrected chi connectivity index (χ1v) is 4.59. The average Bonchev–Trinajstić information content (AvgIpc) is 2.20. The number of anilines is 1. The zero-order valence-electron chi connectivity index (χ0n) is 7.98.